The normalized spacial score (nSPS) is 16.1. The molecule has 4 rings (SSSR count). The molecule has 1 aliphatic heterocycles. The molecule has 34 heavy (non-hydrogen) atoms. The zero-order valence-corrected chi connectivity index (χ0v) is 21.1. The molecule has 0 bridgehead atoms. The lowest BCUT2D eigenvalue weighted by Gasteiger charge is -2.44. The minimum Gasteiger partial charge on any atom is -0.340 e. The van der Waals surface area contributed by atoms with Crippen LogP contribution < -0.4 is 10.0 Å². The molecule has 2 heterocycles. The van der Waals surface area contributed by atoms with Crippen molar-refractivity contribution in [2.24, 2.45) is 0 Å². The zero-order chi connectivity index (χ0) is 24.7. The molecule has 0 amide bonds. The number of halogens is 2. The van der Waals surface area contributed by atoms with Crippen molar-refractivity contribution in [1.82, 2.24) is 19.8 Å². The van der Waals surface area contributed by atoms with E-state index in [9.17, 15) is 12.8 Å². The molecule has 0 aliphatic carbocycles. The Morgan fingerprint density at radius 1 is 1.09 bits per heavy atom. The molecule has 1 fully saturated rings. The van der Waals surface area contributed by atoms with Crippen molar-refractivity contribution in [3.05, 3.63) is 53.1 Å². The maximum atomic E-state index is 13.6. The Morgan fingerprint density at radius 3 is 2.44 bits per heavy atom. The van der Waals surface area contributed by atoms with E-state index in [1.54, 1.807) is 12.1 Å². The van der Waals surface area contributed by atoms with Crippen molar-refractivity contribution in [3.8, 4) is 0 Å². The van der Waals surface area contributed by atoms with E-state index >= 15 is 0 Å². The zero-order valence-electron chi connectivity index (χ0n) is 19.6. The third kappa shape index (κ3) is 5.25. The van der Waals surface area contributed by atoms with Gasteiger partial charge in [0.05, 0.1) is 22.5 Å². The van der Waals surface area contributed by atoms with Crippen LogP contribution in [0.15, 0.2) is 36.7 Å². The van der Waals surface area contributed by atoms with Crippen LogP contribution in [0.2, 0.25) is 5.02 Å². The van der Waals surface area contributed by atoms with Gasteiger partial charge >= 0.3 is 0 Å². The molecule has 2 aromatic carbocycles. The first kappa shape index (κ1) is 24.6. The second-order valence-corrected chi connectivity index (χ2v) is 11.3. The highest BCUT2D eigenvalue weighted by molar-refractivity contribution is 7.92. The highest BCUT2D eigenvalue weighted by Crippen LogP contribution is 2.38. The molecule has 0 unspecified atom stereocenters. The summed E-state index contributed by atoms with van der Waals surface area (Å²) >= 11 is 5.92. The molecule has 0 saturated carbocycles. The number of hydrogen-bond acceptors (Lipinski definition) is 7. The molecule has 8 nitrogen and oxygen atoms in total. The Bertz CT molecular complexity index is 1330. The number of likely N-dealkylation sites (N-methyl/N-ethyl adjacent to an activating group) is 1. The lowest BCUT2D eigenvalue weighted by molar-refractivity contribution is 0.0611. The first-order chi connectivity index (χ1) is 15.9. The van der Waals surface area contributed by atoms with Crippen LogP contribution >= 0.6 is 11.6 Å². The van der Waals surface area contributed by atoms with E-state index < -0.39 is 21.4 Å². The van der Waals surface area contributed by atoms with E-state index in [-0.39, 0.29) is 5.02 Å². The average Bonchev–Trinajstić information content (AvgIpc) is 2.75. The van der Waals surface area contributed by atoms with Crippen LogP contribution in [0.4, 0.5) is 21.6 Å². The predicted octanol–water partition coefficient (Wildman–Crippen LogP) is 4.02. The number of nitrogens with one attached hydrogen (secondary N) is 2. The van der Waals surface area contributed by atoms with Gasteiger partial charge in [-0.15, -0.1) is 0 Å². The fraction of sp³-hybridized carbons (Fsp3) is 0.391. The Kier molecular flexibility index (Phi) is 6.69. The number of sulfonamides is 1. The fourth-order valence-corrected chi connectivity index (χ4v) is 4.99. The van der Waals surface area contributed by atoms with Crippen LogP contribution in [0.3, 0.4) is 0 Å². The Labute approximate surface area is 204 Å². The average molecular weight is 507 g/mol. The molecule has 0 spiro atoms. The first-order valence-corrected chi connectivity index (χ1v) is 13.1. The Morgan fingerprint density at radius 2 is 1.79 bits per heavy atom. The molecule has 2 N–H and O–H groups in total. The third-order valence-electron chi connectivity index (χ3n) is 6.21. The summed E-state index contributed by atoms with van der Waals surface area (Å²) in [6.45, 7) is 7.77. The number of anilines is 3. The van der Waals surface area contributed by atoms with Crippen LogP contribution in [-0.4, -0.2) is 67.7 Å². The van der Waals surface area contributed by atoms with E-state index in [0.717, 1.165) is 38.0 Å². The highest BCUT2D eigenvalue weighted by atomic mass is 35.5. The van der Waals surface area contributed by atoms with Crippen molar-refractivity contribution in [3.63, 3.8) is 0 Å². The Hall–Kier alpha value is -2.53. The van der Waals surface area contributed by atoms with E-state index in [2.05, 4.69) is 50.7 Å². The summed E-state index contributed by atoms with van der Waals surface area (Å²) < 4.78 is 40.8. The van der Waals surface area contributed by atoms with E-state index in [1.807, 2.05) is 6.07 Å². The lowest BCUT2D eigenvalue weighted by atomic mass is 9.89. The molecule has 1 aliphatic rings. The monoisotopic (exact) mass is 506 g/mol. The molecular weight excluding hydrogens is 479 g/mol. The molecule has 1 aromatic heterocycles. The smallest absolute Gasteiger partial charge is 0.229 e. The van der Waals surface area contributed by atoms with Gasteiger partial charge in [-0.25, -0.2) is 22.8 Å². The van der Waals surface area contributed by atoms with Crippen LogP contribution in [0.5, 0.6) is 0 Å². The SMILES string of the molecule is CN1CCN(C(C)(C)c2cc3ncnc(Nc4ccc(F)c(Cl)c4)c3cc2NS(C)(=O)=O)CC1. The van der Waals surface area contributed by atoms with Crippen molar-refractivity contribution >= 4 is 49.7 Å². The summed E-state index contributed by atoms with van der Waals surface area (Å²) in [7, 11) is -1.45. The summed E-state index contributed by atoms with van der Waals surface area (Å²) in [5, 5.41) is 3.74. The van der Waals surface area contributed by atoms with Crippen molar-refractivity contribution in [2.45, 2.75) is 19.4 Å². The van der Waals surface area contributed by atoms with Crippen molar-refractivity contribution < 1.29 is 12.8 Å². The van der Waals surface area contributed by atoms with Gasteiger partial charge in [0.15, 0.2) is 0 Å². The minimum atomic E-state index is -3.55. The number of hydrogen-bond donors (Lipinski definition) is 2. The van der Waals surface area contributed by atoms with Gasteiger partial charge in [0, 0.05) is 42.8 Å². The van der Waals surface area contributed by atoms with Gasteiger partial charge in [0.1, 0.15) is 18.0 Å². The van der Waals surface area contributed by atoms with Crippen LogP contribution in [-0.2, 0) is 15.6 Å². The molecule has 0 radical (unpaired) electrons. The molecule has 182 valence electrons. The highest BCUT2D eigenvalue weighted by Gasteiger charge is 2.34. The van der Waals surface area contributed by atoms with Crippen LogP contribution in [0, 0.1) is 5.82 Å². The van der Waals surface area contributed by atoms with E-state index in [4.69, 9.17) is 11.6 Å². The second-order valence-electron chi connectivity index (χ2n) is 9.11. The van der Waals surface area contributed by atoms with Gasteiger partial charge in [0.25, 0.3) is 0 Å². The van der Waals surface area contributed by atoms with Gasteiger partial charge < -0.3 is 10.2 Å². The number of nitrogens with zero attached hydrogens (tertiary/aromatic N) is 4. The number of aromatic nitrogens is 2. The topological polar surface area (TPSA) is 90.5 Å². The summed E-state index contributed by atoms with van der Waals surface area (Å²) in [5.41, 5.74) is 2.04. The molecule has 11 heteroatoms. The number of fused-ring (bicyclic) bond motifs is 1. The summed E-state index contributed by atoms with van der Waals surface area (Å²) in [4.78, 5) is 13.4. The Balaban J connectivity index is 1.82. The lowest BCUT2D eigenvalue weighted by Crippen LogP contribution is -2.52. The number of benzene rings is 2. The summed E-state index contributed by atoms with van der Waals surface area (Å²) in [6.07, 6.45) is 2.57. The summed E-state index contributed by atoms with van der Waals surface area (Å²) in [5.74, 6) is -0.0663. The van der Waals surface area contributed by atoms with Gasteiger partial charge in [-0.05, 0) is 56.8 Å². The van der Waals surface area contributed by atoms with Gasteiger partial charge in [0.2, 0.25) is 10.0 Å². The van der Waals surface area contributed by atoms with Crippen molar-refractivity contribution in [1.29, 1.82) is 0 Å². The number of rotatable bonds is 6. The van der Waals surface area contributed by atoms with E-state index in [0.29, 0.717) is 28.1 Å². The molecule has 3 aromatic rings. The maximum absolute atomic E-state index is 13.6. The van der Waals surface area contributed by atoms with Crippen LogP contribution in [0.25, 0.3) is 10.9 Å². The molecule has 0 atom stereocenters. The van der Waals surface area contributed by atoms with Gasteiger partial charge in [-0.3, -0.25) is 9.62 Å². The van der Waals surface area contributed by atoms with Gasteiger partial charge in [-0.2, -0.15) is 0 Å². The van der Waals surface area contributed by atoms with Gasteiger partial charge in [-0.1, -0.05) is 11.6 Å². The quantitative estimate of drug-likeness (QED) is 0.521. The second kappa shape index (κ2) is 9.26. The molecular formula is C23H28ClFN6O2S. The maximum Gasteiger partial charge on any atom is 0.229 e. The number of piperazine rings is 1. The summed E-state index contributed by atoms with van der Waals surface area (Å²) in [6, 6.07) is 7.94. The largest absolute Gasteiger partial charge is 0.340 e. The third-order valence-corrected chi connectivity index (χ3v) is 7.09. The predicted molar refractivity (Wildman–Crippen MR) is 135 cm³/mol. The molecule has 1 saturated heterocycles. The van der Waals surface area contributed by atoms with E-state index in [1.165, 1.54) is 18.5 Å². The van der Waals surface area contributed by atoms with Crippen LogP contribution in [0.1, 0.15) is 19.4 Å². The minimum absolute atomic E-state index is 0.0148. The standard InChI is InChI=1S/C23H28ClFN6O2S/c1-23(2,31-9-7-30(3)8-10-31)17-13-20-16(12-21(17)29-34(4,32)33)22(27-14-26-20)28-15-5-6-19(25)18(24)11-15/h5-6,11-14,29H,7-10H2,1-4H3,(H,26,27,28). The van der Waals surface area contributed by atoms with Crippen molar-refractivity contribution in [2.75, 3.05) is 49.5 Å². The first-order valence-electron chi connectivity index (χ1n) is 10.9. The fourth-order valence-electron chi connectivity index (χ4n) is 4.24.